The highest BCUT2D eigenvalue weighted by atomic mass is 79.9. The topological polar surface area (TPSA) is 107 Å². The van der Waals surface area contributed by atoms with E-state index in [0.29, 0.717) is 6.42 Å². The lowest BCUT2D eigenvalue weighted by atomic mass is 10.2. The van der Waals surface area contributed by atoms with E-state index in [1.54, 1.807) is 0 Å². The lowest BCUT2D eigenvalue weighted by molar-refractivity contribution is -0.145. The van der Waals surface area contributed by atoms with Crippen molar-refractivity contribution in [2.45, 2.75) is 25.7 Å². The Kier molecular flexibility index (Phi) is 8.94. The van der Waals surface area contributed by atoms with Crippen molar-refractivity contribution >= 4 is 38.0 Å². The van der Waals surface area contributed by atoms with Crippen LogP contribution in [0, 0.1) is 0 Å². The van der Waals surface area contributed by atoms with Crippen molar-refractivity contribution in [3.63, 3.8) is 0 Å². The number of benzene rings is 1. The van der Waals surface area contributed by atoms with Gasteiger partial charge in [-0.1, -0.05) is 28.1 Å². The normalized spacial score (nSPS) is 11.1. The molecule has 0 spiro atoms. The number of hydrogen-bond acceptors (Lipinski definition) is 6. The average Bonchev–Trinajstić information content (AvgIpc) is 2.48. The monoisotopic (exact) mass is 422 g/mol. The molecule has 1 aromatic carbocycles. The van der Waals surface area contributed by atoms with Gasteiger partial charge in [0, 0.05) is 23.7 Å². The molecule has 7 nitrogen and oxygen atoms in total. The molecule has 0 saturated carbocycles. The van der Waals surface area contributed by atoms with Crippen LogP contribution in [0.2, 0.25) is 0 Å². The van der Waals surface area contributed by atoms with Gasteiger partial charge in [0.2, 0.25) is 0 Å². The van der Waals surface area contributed by atoms with Gasteiger partial charge in [0.25, 0.3) is 10.1 Å². The lowest BCUT2D eigenvalue weighted by Gasteiger charge is -2.06. The van der Waals surface area contributed by atoms with Gasteiger partial charge < -0.3 is 9.47 Å². The van der Waals surface area contributed by atoms with E-state index < -0.39 is 34.4 Å². The minimum atomic E-state index is -4.14. The van der Waals surface area contributed by atoms with Crippen molar-refractivity contribution in [3.05, 3.63) is 34.3 Å². The molecular weight excluding hydrogens is 404 g/mol. The van der Waals surface area contributed by atoms with E-state index in [2.05, 4.69) is 20.7 Å². The summed E-state index contributed by atoms with van der Waals surface area (Å²) in [5.41, 5.74) is 1.05. The third kappa shape index (κ3) is 10.3. The Morgan fingerprint density at radius 2 is 1.54 bits per heavy atom. The number of esters is 2. The zero-order valence-electron chi connectivity index (χ0n) is 12.9. The van der Waals surface area contributed by atoms with Gasteiger partial charge in [-0.3, -0.25) is 14.1 Å². The molecule has 1 aromatic rings. The summed E-state index contributed by atoms with van der Waals surface area (Å²) in [6.07, 6.45) is 0.916. The van der Waals surface area contributed by atoms with Gasteiger partial charge in [0.05, 0.1) is 6.61 Å². The molecule has 0 radical (unpaired) electrons. The Morgan fingerprint density at radius 3 is 2.08 bits per heavy atom. The summed E-state index contributed by atoms with van der Waals surface area (Å²) in [4.78, 5) is 22.8. The Balaban J connectivity index is 2.09. The molecule has 0 amide bonds. The Hall–Kier alpha value is -1.45. The van der Waals surface area contributed by atoms with Crippen molar-refractivity contribution < 1.29 is 32.0 Å². The quantitative estimate of drug-likeness (QED) is 0.454. The largest absolute Gasteiger partial charge is 0.465 e. The van der Waals surface area contributed by atoms with Crippen LogP contribution < -0.4 is 0 Å². The summed E-state index contributed by atoms with van der Waals surface area (Å²) >= 11 is 3.34. The second-order valence-corrected chi connectivity index (χ2v) is 7.44. The molecule has 0 fully saturated rings. The van der Waals surface area contributed by atoms with Crippen molar-refractivity contribution in [2.75, 3.05) is 19.0 Å². The number of ether oxygens (including phenoxy) is 2. The minimum Gasteiger partial charge on any atom is -0.465 e. The number of halogens is 1. The summed E-state index contributed by atoms with van der Waals surface area (Å²) in [6, 6.07) is 7.68. The van der Waals surface area contributed by atoms with Crippen LogP contribution in [0.5, 0.6) is 0 Å². The molecule has 0 aliphatic rings. The highest BCUT2D eigenvalue weighted by Crippen LogP contribution is 2.11. The first-order valence-corrected chi connectivity index (χ1v) is 9.67. The molecule has 1 N–H and O–H groups in total. The molecule has 0 saturated heterocycles. The van der Waals surface area contributed by atoms with E-state index in [0.717, 1.165) is 10.0 Å². The van der Waals surface area contributed by atoms with Crippen molar-refractivity contribution in [1.29, 1.82) is 0 Å². The van der Waals surface area contributed by atoms with Gasteiger partial charge in [0.15, 0.2) is 0 Å². The van der Waals surface area contributed by atoms with Crippen LogP contribution in [0.15, 0.2) is 28.7 Å². The SMILES string of the molecule is O=C(CCCC(=O)OCCS(=O)(=O)O)OCCc1ccc(Br)cc1. The van der Waals surface area contributed by atoms with Crippen LogP contribution in [0.3, 0.4) is 0 Å². The number of carbonyl (C=O) groups is 2. The third-order valence-corrected chi connectivity index (χ3v) is 4.14. The second-order valence-electron chi connectivity index (χ2n) is 4.96. The van der Waals surface area contributed by atoms with Gasteiger partial charge in [0.1, 0.15) is 12.4 Å². The van der Waals surface area contributed by atoms with Gasteiger partial charge in [-0.15, -0.1) is 0 Å². The highest BCUT2D eigenvalue weighted by molar-refractivity contribution is 9.10. The molecule has 9 heteroatoms. The predicted molar refractivity (Wildman–Crippen MR) is 90.0 cm³/mol. The third-order valence-electron chi connectivity index (χ3n) is 2.93. The summed E-state index contributed by atoms with van der Waals surface area (Å²) in [7, 11) is -4.14. The fourth-order valence-corrected chi connectivity index (χ4v) is 2.27. The summed E-state index contributed by atoms with van der Waals surface area (Å²) in [6.45, 7) is -0.144. The molecule has 1 rings (SSSR count). The van der Waals surface area contributed by atoms with E-state index in [1.165, 1.54) is 0 Å². The zero-order valence-corrected chi connectivity index (χ0v) is 15.3. The first kappa shape index (κ1) is 20.6. The molecule has 0 aliphatic heterocycles. The lowest BCUT2D eigenvalue weighted by Crippen LogP contribution is -2.15. The maximum absolute atomic E-state index is 11.5. The molecule has 134 valence electrons. The van der Waals surface area contributed by atoms with Gasteiger partial charge >= 0.3 is 11.9 Å². The maximum atomic E-state index is 11.5. The first-order valence-electron chi connectivity index (χ1n) is 7.27. The summed E-state index contributed by atoms with van der Waals surface area (Å²) in [5, 5.41) is 0. The predicted octanol–water partition coefficient (Wildman–Crippen LogP) is 2.14. The van der Waals surface area contributed by atoms with Crippen molar-refractivity contribution in [1.82, 2.24) is 0 Å². The molecule has 0 atom stereocenters. The average molecular weight is 423 g/mol. The van der Waals surface area contributed by atoms with Gasteiger partial charge in [-0.05, 0) is 24.1 Å². The highest BCUT2D eigenvalue weighted by Gasteiger charge is 2.10. The molecule has 0 bridgehead atoms. The van der Waals surface area contributed by atoms with Gasteiger partial charge in [-0.2, -0.15) is 8.42 Å². The maximum Gasteiger partial charge on any atom is 0.305 e. The van der Waals surface area contributed by atoms with Crippen LogP contribution >= 0.6 is 15.9 Å². The van der Waals surface area contributed by atoms with E-state index >= 15 is 0 Å². The van der Waals surface area contributed by atoms with Crippen LogP contribution in [-0.2, 0) is 35.6 Å². The van der Waals surface area contributed by atoms with Crippen LogP contribution in [0.25, 0.3) is 0 Å². The molecule has 0 aromatic heterocycles. The first-order chi connectivity index (χ1) is 11.3. The van der Waals surface area contributed by atoms with Crippen LogP contribution in [0.1, 0.15) is 24.8 Å². The molecule has 0 aliphatic carbocycles. The number of rotatable bonds is 10. The van der Waals surface area contributed by atoms with Crippen LogP contribution in [-0.4, -0.2) is 43.9 Å². The molecule has 24 heavy (non-hydrogen) atoms. The Bertz CT molecular complexity index is 640. The zero-order chi connectivity index (χ0) is 18.0. The number of carbonyl (C=O) groups excluding carboxylic acids is 2. The van der Waals surface area contributed by atoms with Crippen molar-refractivity contribution in [3.8, 4) is 0 Å². The molecule has 0 unspecified atom stereocenters. The van der Waals surface area contributed by atoms with E-state index in [4.69, 9.17) is 9.29 Å². The fraction of sp³-hybridized carbons (Fsp3) is 0.467. The van der Waals surface area contributed by atoms with E-state index in [9.17, 15) is 18.0 Å². The molecule has 0 heterocycles. The summed E-state index contributed by atoms with van der Waals surface area (Å²) < 4.78 is 40.0. The van der Waals surface area contributed by atoms with Gasteiger partial charge in [-0.25, -0.2) is 0 Å². The summed E-state index contributed by atoms with van der Waals surface area (Å²) in [5.74, 6) is -1.67. The van der Waals surface area contributed by atoms with Crippen LogP contribution in [0.4, 0.5) is 0 Å². The Morgan fingerprint density at radius 1 is 1.00 bits per heavy atom. The van der Waals surface area contributed by atoms with E-state index in [1.807, 2.05) is 24.3 Å². The van der Waals surface area contributed by atoms with Crippen molar-refractivity contribution in [2.24, 2.45) is 0 Å². The number of hydrogen-bond donors (Lipinski definition) is 1. The second kappa shape index (κ2) is 10.4. The minimum absolute atomic E-state index is 0.0205. The standard InChI is InChI=1S/C15H19BrO7S/c16-13-6-4-12(5-7-13)8-9-22-14(17)2-1-3-15(18)23-10-11-24(19,20)21/h4-7H,1-3,8-11H2,(H,19,20,21). The smallest absolute Gasteiger partial charge is 0.305 e. The van der Waals surface area contributed by atoms with E-state index in [-0.39, 0.29) is 25.9 Å². The Labute approximate surface area is 149 Å². The molecular formula is C15H19BrO7S. The fourth-order valence-electron chi connectivity index (χ4n) is 1.72.